The van der Waals surface area contributed by atoms with Crippen molar-refractivity contribution in [2.24, 2.45) is 0 Å². The molecular formula is C17H20FNO2S. The summed E-state index contributed by atoms with van der Waals surface area (Å²) in [6.07, 6.45) is 0. The minimum atomic E-state index is -3.77. The van der Waals surface area contributed by atoms with Gasteiger partial charge in [0.1, 0.15) is 5.82 Å². The van der Waals surface area contributed by atoms with Crippen molar-refractivity contribution in [2.75, 3.05) is 4.72 Å². The van der Waals surface area contributed by atoms with Gasteiger partial charge in [-0.25, -0.2) is 12.8 Å². The van der Waals surface area contributed by atoms with Crippen molar-refractivity contribution >= 4 is 15.7 Å². The number of aryl methyl sites for hydroxylation is 3. The Bertz CT molecular complexity index is 816. The van der Waals surface area contributed by atoms with Crippen molar-refractivity contribution in [1.82, 2.24) is 0 Å². The van der Waals surface area contributed by atoms with Crippen LogP contribution in [0.3, 0.4) is 0 Å². The summed E-state index contributed by atoms with van der Waals surface area (Å²) in [5, 5.41) is 0. The second-order valence-electron chi connectivity index (χ2n) is 5.66. The fourth-order valence-corrected chi connectivity index (χ4v) is 4.11. The third-order valence-corrected chi connectivity index (χ3v) is 5.64. The van der Waals surface area contributed by atoms with Gasteiger partial charge in [0.2, 0.25) is 0 Å². The minimum Gasteiger partial charge on any atom is -0.280 e. The number of hydrogen-bond acceptors (Lipinski definition) is 2. The summed E-state index contributed by atoms with van der Waals surface area (Å²) < 4.78 is 41.5. The number of nitrogens with one attached hydrogen (secondary N) is 1. The maximum atomic E-state index is 13.6. The average molecular weight is 321 g/mol. The lowest BCUT2D eigenvalue weighted by molar-refractivity contribution is 0.599. The van der Waals surface area contributed by atoms with E-state index in [4.69, 9.17) is 0 Å². The number of hydrogen-bond donors (Lipinski definition) is 1. The number of rotatable bonds is 3. The predicted molar refractivity (Wildman–Crippen MR) is 87.3 cm³/mol. The van der Waals surface area contributed by atoms with Crippen molar-refractivity contribution in [3.05, 3.63) is 57.9 Å². The molecule has 0 radical (unpaired) electrons. The SMILES string of the molecule is Cc1ccc(NS(=O)(=O)c2c(C)c(C)cc(C)c2C)cc1F. The number of sulfonamides is 1. The van der Waals surface area contributed by atoms with Gasteiger partial charge in [-0.15, -0.1) is 0 Å². The summed E-state index contributed by atoms with van der Waals surface area (Å²) in [5.74, 6) is -0.436. The molecule has 118 valence electrons. The highest BCUT2D eigenvalue weighted by molar-refractivity contribution is 7.92. The second-order valence-corrected chi connectivity index (χ2v) is 7.28. The largest absolute Gasteiger partial charge is 0.280 e. The van der Waals surface area contributed by atoms with E-state index in [0.29, 0.717) is 16.7 Å². The lowest BCUT2D eigenvalue weighted by Crippen LogP contribution is -2.17. The van der Waals surface area contributed by atoms with E-state index in [1.165, 1.54) is 6.07 Å². The van der Waals surface area contributed by atoms with Gasteiger partial charge in [0.05, 0.1) is 10.6 Å². The Morgan fingerprint density at radius 2 is 1.41 bits per heavy atom. The second kappa shape index (κ2) is 5.72. The average Bonchev–Trinajstić information content (AvgIpc) is 2.40. The predicted octanol–water partition coefficient (Wildman–Crippen LogP) is 4.17. The highest BCUT2D eigenvalue weighted by atomic mass is 32.2. The van der Waals surface area contributed by atoms with E-state index < -0.39 is 15.8 Å². The van der Waals surface area contributed by atoms with Gasteiger partial charge in [-0.1, -0.05) is 12.1 Å². The van der Waals surface area contributed by atoms with E-state index >= 15 is 0 Å². The standard InChI is InChI=1S/C17H20FNO2S/c1-10-6-7-15(9-16(10)18)19-22(20,21)17-13(4)11(2)8-12(3)14(17)5/h6-9,19H,1-5H3. The van der Waals surface area contributed by atoms with Crippen LogP contribution in [0.5, 0.6) is 0 Å². The molecule has 2 rings (SSSR count). The molecule has 2 aromatic carbocycles. The summed E-state index contributed by atoms with van der Waals surface area (Å²) >= 11 is 0. The van der Waals surface area contributed by atoms with Crippen LogP contribution in [0.15, 0.2) is 29.2 Å². The van der Waals surface area contributed by atoms with Crippen LogP contribution in [-0.2, 0) is 10.0 Å². The molecule has 0 saturated heterocycles. The number of benzene rings is 2. The van der Waals surface area contributed by atoms with E-state index in [1.807, 2.05) is 19.9 Å². The molecule has 2 aromatic rings. The van der Waals surface area contributed by atoms with Crippen molar-refractivity contribution in [2.45, 2.75) is 39.5 Å². The molecule has 0 aliphatic carbocycles. The first-order valence-corrected chi connectivity index (χ1v) is 8.48. The normalized spacial score (nSPS) is 11.5. The van der Waals surface area contributed by atoms with Gasteiger partial charge in [0, 0.05) is 0 Å². The van der Waals surface area contributed by atoms with Crippen molar-refractivity contribution in [1.29, 1.82) is 0 Å². The molecule has 0 atom stereocenters. The van der Waals surface area contributed by atoms with Crippen LogP contribution in [0.4, 0.5) is 10.1 Å². The third-order valence-electron chi connectivity index (χ3n) is 3.99. The van der Waals surface area contributed by atoms with Crippen LogP contribution in [0.25, 0.3) is 0 Å². The summed E-state index contributed by atoms with van der Waals surface area (Å²) in [6, 6.07) is 6.27. The van der Waals surface area contributed by atoms with E-state index in [0.717, 1.165) is 11.1 Å². The summed E-state index contributed by atoms with van der Waals surface area (Å²) in [7, 11) is -3.77. The first kappa shape index (κ1) is 16.5. The Morgan fingerprint density at radius 3 is 1.91 bits per heavy atom. The van der Waals surface area contributed by atoms with E-state index in [2.05, 4.69) is 4.72 Å². The Labute approximate surface area is 131 Å². The smallest absolute Gasteiger partial charge is 0.262 e. The zero-order valence-electron chi connectivity index (χ0n) is 13.4. The highest BCUT2D eigenvalue weighted by Crippen LogP contribution is 2.28. The molecule has 0 spiro atoms. The lowest BCUT2D eigenvalue weighted by Gasteiger charge is -2.17. The van der Waals surface area contributed by atoms with Crippen LogP contribution in [0.2, 0.25) is 0 Å². The number of halogens is 1. The van der Waals surface area contributed by atoms with Crippen LogP contribution in [0, 0.1) is 40.4 Å². The maximum absolute atomic E-state index is 13.6. The lowest BCUT2D eigenvalue weighted by atomic mass is 10.0. The first-order chi connectivity index (χ1) is 10.1. The molecule has 3 nitrogen and oxygen atoms in total. The van der Waals surface area contributed by atoms with Crippen molar-refractivity contribution < 1.29 is 12.8 Å². The minimum absolute atomic E-state index is 0.223. The van der Waals surface area contributed by atoms with Gasteiger partial charge in [-0.05, 0) is 74.6 Å². The molecular weight excluding hydrogens is 301 g/mol. The Kier molecular flexibility index (Phi) is 4.29. The van der Waals surface area contributed by atoms with Gasteiger partial charge in [0.15, 0.2) is 0 Å². The monoisotopic (exact) mass is 321 g/mol. The molecule has 0 aliphatic rings. The van der Waals surface area contributed by atoms with Crippen LogP contribution >= 0.6 is 0 Å². The van der Waals surface area contributed by atoms with Crippen LogP contribution < -0.4 is 4.72 Å². The molecule has 22 heavy (non-hydrogen) atoms. The Morgan fingerprint density at radius 1 is 0.864 bits per heavy atom. The third kappa shape index (κ3) is 2.99. The van der Waals surface area contributed by atoms with E-state index in [-0.39, 0.29) is 10.6 Å². The molecule has 0 amide bonds. The molecule has 0 fully saturated rings. The van der Waals surface area contributed by atoms with Gasteiger partial charge in [-0.2, -0.15) is 0 Å². The highest BCUT2D eigenvalue weighted by Gasteiger charge is 2.22. The van der Waals surface area contributed by atoms with Gasteiger partial charge in [-0.3, -0.25) is 4.72 Å². The zero-order chi connectivity index (χ0) is 16.7. The zero-order valence-corrected chi connectivity index (χ0v) is 14.2. The van der Waals surface area contributed by atoms with Crippen LogP contribution in [-0.4, -0.2) is 8.42 Å². The Hall–Kier alpha value is -1.88. The topological polar surface area (TPSA) is 46.2 Å². The fourth-order valence-electron chi connectivity index (χ4n) is 2.45. The Balaban J connectivity index is 2.54. The molecule has 1 N–H and O–H groups in total. The molecule has 0 heterocycles. The van der Waals surface area contributed by atoms with Crippen molar-refractivity contribution in [3.8, 4) is 0 Å². The summed E-state index contributed by atoms with van der Waals surface area (Å²) in [4.78, 5) is 0.269. The summed E-state index contributed by atoms with van der Waals surface area (Å²) in [5.41, 5.74) is 3.95. The van der Waals surface area contributed by atoms with Gasteiger partial charge >= 0.3 is 0 Å². The van der Waals surface area contributed by atoms with Crippen LogP contribution in [0.1, 0.15) is 27.8 Å². The van der Waals surface area contributed by atoms with Crippen molar-refractivity contribution in [3.63, 3.8) is 0 Å². The quantitative estimate of drug-likeness (QED) is 0.922. The summed E-state index contributed by atoms with van der Waals surface area (Å²) in [6.45, 7) is 8.96. The molecule has 0 aliphatic heterocycles. The molecule has 5 heteroatoms. The maximum Gasteiger partial charge on any atom is 0.262 e. The van der Waals surface area contributed by atoms with Gasteiger partial charge < -0.3 is 0 Å². The fraction of sp³-hybridized carbons (Fsp3) is 0.294. The molecule has 0 unspecified atom stereocenters. The van der Waals surface area contributed by atoms with E-state index in [1.54, 1.807) is 32.9 Å². The van der Waals surface area contributed by atoms with Gasteiger partial charge in [0.25, 0.3) is 10.0 Å². The van der Waals surface area contributed by atoms with E-state index in [9.17, 15) is 12.8 Å². The first-order valence-electron chi connectivity index (χ1n) is 7.00. The molecule has 0 aromatic heterocycles. The number of anilines is 1. The molecule has 0 bridgehead atoms. The molecule has 0 saturated carbocycles.